The average Bonchev–Trinajstić information content (AvgIpc) is 2.91. The number of methoxy groups -OCH3 is 1. The molecule has 8 heteroatoms. The first-order valence-electron chi connectivity index (χ1n) is 7.23. The quantitative estimate of drug-likeness (QED) is 0.813. The Hall–Kier alpha value is -1.38. The van der Waals surface area contributed by atoms with Gasteiger partial charge in [-0.1, -0.05) is 30.0 Å². The minimum Gasteiger partial charge on any atom is -0.375 e. The van der Waals surface area contributed by atoms with Crippen LogP contribution in [0, 0.1) is 6.92 Å². The van der Waals surface area contributed by atoms with Gasteiger partial charge in [0.05, 0.1) is 17.5 Å². The van der Waals surface area contributed by atoms with Gasteiger partial charge in [0.15, 0.2) is 15.0 Å². The van der Waals surface area contributed by atoms with E-state index in [0.29, 0.717) is 5.17 Å². The van der Waals surface area contributed by atoms with Crippen LogP contribution in [0.1, 0.15) is 5.56 Å². The summed E-state index contributed by atoms with van der Waals surface area (Å²) in [7, 11) is -1.60. The third-order valence-corrected chi connectivity index (χ3v) is 7.14. The summed E-state index contributed by atoms with van der Waals surface area (Å²) in [6.07, 6.45) is 0. The summed E-state index contributed by atoms with van der Waals surface area (Å²) < 4.78 is 28.8. The molecule has 0 unspecified atom stereocenters. The lowest BCUT2D eigenvalue weighted by molar-refractivity contribution is -0.121. The van der Waals surface area contributed by atoms with E-state index in [4.69, 9.17) is 4.74 Å². The number of ether oxygens (including phenoxy) is 1. The van der Waals surface area contributed by atoms with Crippen molar-refractivity contribution in [1.82, 2.24) is 0 Å². The molecule has 2 fully saturated rings. The van der Waals surface area contributed by atoms with Gasteiger partial charge in [-0.15, -0.1) is 0 Å². The highest BCUT2D eigenvalue weighted by Gasteiger charge is 2.49. The number of carbonyl (C=O) groups is 1. The number of anilines is 1. The van der Waals surface area contributed by atoms with Crippen LogP contribution in [-0.2, 0) is 19.4 Å². The normalized spacial score (nSPS) is 27.4. The van der Waals surface area contributed by atoms with Gasteiger partial charge in [0.2, 0.25) is 0 Å². The lowest BCUT2D eigenvalue weighted by Crippen LogP contribution is -2.38. The third-order valence-electron chi connectivity index (χ3n) is 3.93. The van der Waals surface area contributed by atoms with Gasteiger partial charge in [0.1, 0.15) is 6.61 Å². The molecule has 3 rings (SSSR count). The zero-order chi connectivity index (χ0) is 16.6. The Morgan fingerprint density at radius 1 is 1.39 bits per heavy atom. The molecule has 1 aromatic carbocycles. The number of nitrogens with zero attached hydrogens (tertiary/aromatic N) is 2. The van der Waals surface area contributed by atoms with Gasteiger partial charge in [-0.05, 0) is 18.6 Å². The maximum absolute atomic E-state index is 12.0. The Bertz CT molecular complexity index is 760. The third kappa shape index (κ3) is 3.29. The summed E-state index contributed by atoms with van der Waals surface area (Å²) in [5.41, 5.74) is 1.92. The van der Waals surface area contributed by atoms with Crippen molar-refractivity contribution in [1.29, 1.82) is 0 Å². The van der Waals surface area contributed by atoms with E-state index >= 15 is 0 Å². The van der Waals surface area contributed by atoms with Gasteiger partial charge < -0.3 is 9.64 Å². The molecule has 2 heterocycles. The Morgan fingerprint density at radius 3 is 2.83 bits per heavy atom. The molecular formula is C15H18N2O4S2. The number of aryl methyl sites for hydroxylation is 1. The summed E-state index contributed by atoms with van der Waals surface area (Å²) >= 11 is 1.37. The standard InChI is InChI=1S/C15H18N2O4S2/c1-10-5-3-4-6-11(10)17-12-8-23(19,20)9-13(12)22-15(17)16-14(18)7-21-2/h3-6,12-13H,7-9H2,1-2H3/t12-,13-/m1/s1. The fraction of sp³-hybridized carbons (Fsp3) is 0.467. The van der Waals surface area contributed by atoms with E-state index in [9.17, 15) is 13.2 Å². The summed E-state index contributed by atoms with van der Waals surface area (Å²) in [6, 6.07) is 7.54. The predicted molar refractivity (Wildman–Crippen MR) is 91.8 cm³/mol. The maximum atomic E-state index is 12.0. The number of hydrogen-bond donors (Lipinski definition) is 0. The van der Waals surface area contributed by atoms with Crippen molar-refractivity contribution >= 4 is 38.4 Å². The van der Waals surface area contributed by atoms with Crippen LogP contribution in [0.15, 0.2) is 29.3 Å². The van der Waals surface area contributed by atoms with E-state index < -0.39 is 9.84 Å². The van der Waals surface area contributed by atoms with Gasteiger partial charge in [-0.2, -0.15) is 4.99 Å². The predicted octanol–water partition coefficient (Wildman–Crippen LogP) is 1.24. The van der Waals surface area contributed by atoms with Crippen molar-refractivity contribution in [3.05, 3.63) is 29.8 Å². The first kappa shape index (κ1) is 16.5. The van der Waals surface area contributed by atoms with Crippen LogP contribution in [0.2, 0.25) is 0 Å². The molecule has 2 aliphatic heterocycles. The molecule has 1 amide bonds. The molecule has 2 aliphatic rings. The van der Waals surface area contributed by atoms with E-state index in [1.165, 1.54) is 18.9 Å². The monoisotopic (exact) mass is 354 g/mol. The molecule has 2 atom stereocenters. The SMILES string of the molecule is COCC(=O)N=C1S[C@@H]2CS(=O)(=O)C[C@H]2N1c1ccccc1C. The molecule has 0 N–H and O–H groups in total. The van der Waals surface area contributed by atoms with Gasteiger partial charge in [-0.25, -0.2) is 8.42 Å². The second-order valence-corrected chi connectivity index (χ2v) is 9.04. The number of aliphatic imine (C=N–C) groups is 1. The first-order chi connectivity index (χ1) is 10.9. The molecular weight excluding hydrogens is 336 g/mol. The highest BCUT2D eigenvalue weighted by molar-refractivity contribution is 8.16. The number of para-hydroxylation sites is 1. The van der Waals surface area contributed by atoms with E-state index in [0.717, 1.165) is 11.3 Å². The molecule has 0 saturated carbocycles. The van der Waals surface area contributed by atoms with Gasteiger partial charge >= 0.3 is 0 Å². The Kier molecular flexibility index (Phi) is 4.48. The Labute approximate surface area is 139 Å². The number of benzene rings is 1. The van der Waals surface area contributed by atoms with Crippen molar-refractivity contribution in [2.75, 3.05) is 30.1 Å². The summed E-state index contributed by atoms with van der Waals surface area (Å²) in [5.74, 6) is -0.144. The number of fused-ring (bicyclic) bond motifs is 1. The first-order valence-corrected chi connectivity index (χ1v) is 9.94. The highest BCUT2D eigenvalue weighted by atomic mass is 32.2. The molecule has 0 bridgehead atoms. The lowest BCUT2D eigenvalue weighted by Gasteiger charge is -2.26. The molecule has 2 saturated heterocycles. The van der Waals surface area contributed by atoms with Crippen LogP contribution >= 0.6 is 11.8 Å². The fourth-order valence-corrected chi connectivity index (χ4v) is 6.87. The van der Waals surface area contributed by atoms with E-state index in [2.05, 4.69) is 4.99 Å². The molecule has 6 nitrogen and oxygen atoms in total. The second kappa shape index (κ2) is 6.26. The van der Waals surface area contributed by atoms with Crippen molar-refractivity contribution in [2.45, 2.75) is 18.2 Å². The number of rotatable bonds is 3. The number of thioether (sulfide) groups is 1. The Balaban J connectivity index is 2.01. The summed E-state index contributed by atoms with van der Waals surface area (Å²) in [4.78, 5) is 17.9. The van der Waals surface area contributed by atoms with Crippen LogP contribution in [0.25, 0.3) is 0 Å². The van der Waals surface area contributed by atoms with Crippen LogP contribution in [0.4, 0.5) is 5.69 Å². The van der Waals surface area contributed by atoms with Gasteiger partial charge in [0.25, 0.3) is 5.91 Å². The van der Waals surface area contributed by atoms with Crippen LogP contribution in [-0.4, -0.2) is 56.0 Å². The van der Waals surface area contributed by atoms with E-state index in [-0.39, 0.29) is 35.3 Å². The van der Waals surface area contributed by atoms with Crippen LogP contribution < -0.4 is 4.90 Å². The topological polar surface area (TPSA) is 76.0 Å². The van der Waals surface area contributed by atoms with Gasteiger partial charge in [-0.3, -0.25) is 4.79 Å². The van der Waals surface area contributed by atoms with Crippen molar-refractivity contribution in [3.63, 3.8) is 0 Å². The molecule has 0 radical (unpaired) electrons. The zero-order valence-electron chi connectivity index (χ0n) is 12.9. The van der Waals surface area contributed by atoms with Crippen molar-refractivity contribution in [2.24, 2.45) is 4.99 Å². The highest BCUT2D eigenvalue weighted by Crippen LogP contribution is 2.41. The molecule has 0 spiro atoms. The fourth-order valence-electron chi connectivity index (χ4n) is 2.94. The smallest absolute Gasteiger partial charge is 0.274 e. The largest absolute Gasteiger partial charge is 0.375 e. The van der Waals surface area contributed by atoms with E-state index in [1.54, 1.807) is 0 Å². The zero-order valence-corrected chi connectivity index (χ0v) is 14.6. The number of carbonyl (C=O) groups excluding carboxylic acids is 1. The van der Waals surface area contributed by atoms with Crippen LogP contribution in [0.3, 0.4) is 0 Å². The number of amides is 1. The lowest BCUT2D eigenvalue weighted by atomic mass is 10.1. The Morgan fingerprint density at radius 2 is 2.13 bits per heavy atom. The van der Waals surface area contributed by atoms with E-state index in [1.807, 2.05) is 36.1 Å². The van der Waals surface area contributed by atoms with Crippen molar-refractivity contribution in [3.8, 4) is 0 Å². The molecule has 0 aliphatic carbocycles. The molecule has 124 valence electrons. The average molecular weight is 354 g/mol. The maximum Gasteiger partial charge on any atom is 0.274 e. The van der Waals surface area contributed by atoms with Gasteiger partial charge in [0, 0.05) is 18.0 Å². The molecule has 0 aromatic heterocycles. The number of amidine groups is 1. The van der Waals surface area contributed by atoms with Crippen molar-refractivity contribution < 1.29 is 17.9 Å². The minimum atomic E-state index is -3.05. The number of sulfone groups is 1. The summed E-state index contributed by atoms with van der Waals surface area (Å²) in [6.45, 7) is 1.88. The van der Waals surface area contributed by atoms with Crippen LogP contribution in [0.5, 0.6) is 0 Å². The minimum absolute atomic E-state index is 0.0840. The molecule has 23 heavy (non-hydrogen) atoms. The number of hydrogen-bond acceptors (Lipinski definition) is 5. The molecule has 1 aromatic rings. The second-order valence-electron chi connectivity index (χ2n) is 5.68. The summed E-state index contributed by atoms with van der Waals surface area (Å²) in [5, 5.41) is 0.472.